The number of nitrogens with two attached hydrogens (primary N) is 1. The van der Waals surface area contributed by atoms with Gasteiger partial charge >= 0.3 is 6.18 Å². The summed E-state index contributed by atoms with van der Waals surface area (Å²) < 4.78 is 56.1. The summed E-state index contributed by atoms with van der Waals surface area (Å²) in [5, 5.41) is 13.7. The Kier molecular flexibility index (Phi) is 17.6. The third kappa shape index (κ3) is 13.3. The first-order valence-electron chi connectivity index (χ1n) is 29.1. The zero-order chi connectivity index (χ0) is 63.3. The number of aliphatic carboxylic acids is 1. The van der Waals surface area contributed by atoms with E-state index >= 15 is 0 Å². The Morgan fingerprint density at radius 2 is 1.15 bits per heavy atom. The van der Waals surface area contributed by atoms with Crippen LogP contribution in [0.15, 0.2) is 159 Å². The summed E-state index contributed by atoms with van der Waals surface area (Å²) in [6.07, 6.45) is 26.6. The average molecular weight is 1270 g/mol. The Bertz CT molecular complexity index is 4560. The van der Waals surface area contributed by atoms with Gasteiger partial charge in [-0.15, -0.1) is 0 Å². The Morgan fingerprint density at radius 1 is 0.681 bits per heavy atom. The molecule has 0 spiro atoms. The van der Waals surface area contributed by atoms with Crippen LogP contribution in [-0.4, -0.2) is 85.7 Å². The van der Waals surface area contributed by atoms with Crippen LogP contribution in [0.5, 0.6) is 5.75 Å². The van der Waals surface area contributed by atoms with Crippen LogP contribution in [0.3, 0.4) is 0 Å². The maximum atomic E-state index is 14.3. The number of benzene rings is 1. The molecule has 17 nitrogen and oxygen atoms in total. The molecule has 0 unspecified atom stereocenters. The van der Waals surface area contributed by atoms with Crippen LogP contribution >= 0.6 is 23.2 Å². The van der Waals surface area contributed by atoms with E-state index in [1.54, 1.807) is 62.6 Å². The second kappa shape index (κ2) is 26.4. The highest BCUT2D eigenvalue weighted by atomic mass is 35.5. The summed E-state index contributed by atoms with van der Waals surface area (Å²) in [4.78, 5) is 60.2. The van der Waals surface area contributed by atoms with E-state index in [0.717, 1.165) is 133 Å². The maximum absolute atomic E-state index is 14.3. The lowest BCUT2D eigenvalue weighted by Crippen LogP contribution is -2.39. The molecule has 1 amide bonds. The number of unbranched alkanes of at least 4 members (excludes halogenated alkanes) is 1. The number of H-pyrrole nitrogens is 2. The van der Waals surface area contributed by atoms with Gasteiger partial charge in [-0.1, -0.05) is 23.2 Å². The van der Waals surface area contributed by atoms with Gasteiger partial charge in [0.1, 0.15) is 24.4 Å². The van der Waals surface area contributed by atoms with Crippen LogP contribution < -0.4 is 20.1 Å². The molecule has 13 rings (SSSR count). The van der Waals surface area contributed by atoms with Gasteiger partial charge in [0, 0.05) is 154 Å². The van der Waals surface area contributed by atoms with Gasteiger partial charge in [0.2, 0.25) is 5.91 Å². The number of hydrogen-bond donors (Lipinski definition) is 3. The Labute approximate surface area is 528 Å². The van der Waals surface area contributed by atoms with Crippen molar-refractivity contribution in [2.24, 2.45) is 0 Å². The van der Waals surface area contributed by atoms with E-state index in [9.17, 15) is 22.4 Å². The molecule has 8 bridgehead atoms. The van der Waals surface area contributed by atoms with Gasteiger partial charge in [-0.3, -0.25) is 24.4 Å². The number of carboxylic acids is 1. The maximum Gasteiger partial charge on any atom is 0.430 e. The first kappa shape index (κ1) is 60.9. The van der Waals surface area contributed by atoms with E-state index in [0.29, 0.717) is 30.8 Å². The van der Waals surface area contributed by atoms with Crippen molar-refractivity contribution in [3.05, 3.63) is 203 Å². The van der Waals surface area contributed by atoms with E-state index < -0.39 is 24.1 Å². The van der Waals surface area contributed by atoms with Crippen molar-refractivity contribution < 1.29 is 41.6 Å². The summed E-state index contributed by atoms with van der Waals surface area (Å²) in [5.74, 6) is -2.95. The smallest absolute Gasteiger partial charge is 0.430 e. The van der Waals surface area contributed by atoms with Crippen molar-refractivity contribution in [3.63, 3.8) is 0 Å². The first-order chi connectivity index (χ1) is 44.0. The number of carboxylic acid groups (broad SMARTS) is 1. The number of amides is 1. The van der Waals surface area contributed by atoms with Crippen molar-refractivity contribution >= 4 is 87.3 Å². The Balaban J connectivity index is 0.00000108. The van der Waals surface area contributed by atoms with Crippen LogP contribution in [0.2, 0.25) is 10.0 Å². The van der Waals surface area contributed by atoms with Crippen LogP contribution in [0.4, 0.5) is 23.4 Å². The van der Waals surface area contributed by atoms with Gasteiger partial charge in [0.05, 0.1) is 40.0 Å². The number of alkyl halides is 3. The topological polar surface area (TPSA) is 226 Å². The largest absolute Gasteiger partial charge is 0.542 e. The second-order valence-corrected chi connectivity index (χ2v) is 22.5. The van der Waals surface area contributed by atoms with Gasteiger partial charge in [-0.25, -0.2) is 23.9 Å². The summed E-state index contributed by atoms with van der Waals surface area (Å²) in [7, 11) is 0. The molecule has 23 heteroatoms. The van der Waals surface area contributed by atoms with Crippen LogP contribution in [-0.2, 0) is 16.1 Å². The molecule has 9 aromatic heterocycles. The highest BCUT2D eigenvalue weighted by molar-refractivity contribution is 6.36. The van der Waals surface area contributed by atoms with Gasteiger partial charge < -0.3 is 35.2 Å². The zero-order valence-corrected chi connectivity index (χ0v) is 50.1. The number of rotatable bonds is 14. The molecule has 0 radical (unpaired) electrons. The molecule has 1 atom stereocenters. The summed E-state index contributed by atoms with van der Waals surface area (Å²) in [5.41, 5.74) is 22.7. The van der Waals surface area contributed by atoms with Crippen molar-refractivity contribution in [3.8, 4) is 61.4 Å². The third-order valence-electron chi connectivity index (χ3n) is 15.9. The van der Waals surface area contributed by atoms with Gasteiger partial charge in [-0.2, -0.15) is 18.3 Å². The Hall–Kier alpha value is -10.4. The number of aromatic nitrogens is 11. The molecule has 4 N–H and O–H groups in total. The summed E-state index contributed by atoms with van der Waals surface area (Å²) >= 11 is 12.6. The number of ether oxygens (including phenoxy) is 1. The van der Waals surface area contributed by atoms with Crippen molar-refractivity contribution in [1.29, 1.82) is 0 Å². The molecule has 10 aromatic rings. The van der Waals surface area contributed by atoms with Gasteiger partial charge in [-0.05, 0) is 152 Å². The number of carbonyl (C=O) groups excluding carboxylic acids is 2. The van der Waals surface area contributed by atoms with Gasteiger partial charge in [0.15, 0.2) is 24.0 Å². The van der Waals surface area contributed by atoms with Crippen LogP contribution in [0.1, 0.15) is 79.5 Å². The van der Waals surface area contributed by atoms with Crippen molar-refractivity contribution in [1.82, 2.24) is 54.6 Å². The summed E-state index contributed by atoms with van der Waals surface area (Å²) in [6, 6.07) is 29.4. The quantitative estimate of drug-likeness (QED) is 0.0400. The number of halogens is 6. The molecule has 3 aliphatic heterocycles. The van der Waals surface area contributed by atoms with E-state index in [4.69, 9.17) is 58.6 Å². The minimum atomic E-state index is -5.19. The number of likely N-dealkylation sites (tertiary alicyclic amines) is 1. The first-order valence-corrected chi connectivity index (χ1v) is 29.8. The number of nitrogens with one attached hydrogen (secondary N) is 2. The highest BCUT2D eigenvalue weighted by Crippen LogP contribution is 2.40. The number of pyridine rings is 5. The number of piperidine rings is 1. The molecule has 3 aliphatic rings. The summed E-state index contributed by atoms with van der Waals surface area (Å²) in [6.45, 7) is 3.78. The predicted octanol–water partition coefficient (Wildman–Crippen LogP) is 13.6. The Morgan fingerprint density at radius 3 is 1.63 bits per heavy atom. The predicted molar refractivity (Wildman–Crippen MR) is 339 cm³/mol. The number of fused-ring (bicyclic) bond motifs is 8. The van der Waals surface area contributed by atoms with E-state index in [1.807, 2.05) is 52.2 Å². The molecular formula is C68H55Cl2F4N13O4. The minimum Gasteiger partial charge on any atom is -0.542 e. The molecule has 1 saturated heterocycles. The van der Waals surface area contributed by atoms with Crippen molar-refractivity contribution in [2.75, 3.05) is 18.8 Å². The highest BCUT2D eigenvalue weighted by Gasteiger charge is 2.29. The average Bonchev–Trinajstić information content (AvgIpc) is 1.74. The fourth-order valence-electron chi connectivity index (χ4n) is 11.4. The lowest BCUT2D eigenvalue weighted by Gasteiger charge is -2.32. The normalized spacial score (nSPS) is 13.4. The number of carbonyl (C=O) groups is 2. The van der Waals surface area contributed by atoms with Crippen molar-refractivity contribution in [2.45, 2.75) is 63.9 Å². The number of nitrogens with zero attached hydrogens (tertiary/aromatic N) is 10. The minimum absolute atomic E-state index is 0.105. The lowest BCUT2D eigenvalue weighted by molar-refractivity contribution is -0.697. The third-order valence-corrected chi connectivity index (χ3v) is 16.6. The fourth-order valence-corrected chi connectivity index (χ4v) is 12.1. The SMILES string of the molecule is C[C@H](Oc1cc(-c2cnn(C3CCN(C(=O)CCCC[n+]4ccc(-c5c6nc(c(-c7ccncc7)c7ccc([nH]7)c(-c7ccncc7)c7nc(c(-c8ccncc8)c8ccc5[nH]8)C=C7)C=C6)cc4)CC3)c2)cnc1N)c1c(Cl)ccc(F)c1Cl.O=C([O-])C(F)(F)F. The molecular weight excluding hydrogens is 1210 g/mol. The van der Waals surface area contributed by atoms with Crippen LogP contribution in [0, 0.1) is 5.82 Å². The van der Waals surface area contributed by atoms with E-state index in [1.165, 1.54) is 12.1 Å². The molecule has 458 valence electrons. The molecule has 0 saturated carbocycles. The van der Waals surface area contributed by atoms with Gasteiger partial charge in [0.25, 0.3) is 0 Å². The molecule has 1 aromatic carbocycles. The molecule has 12 heterocycles. The second-order valence-electron chi connectivity index (χ2n) is 21.7. The standard InChI is InChI=1S/C66H54Cl2FN13O2.C2HF3O2/c1-40(60-48(67)5-6-49(69)65(60)68)84-58-36-45(37-74-66(58)70)46-38-75-82(39-46)47-23-34-81(35-24-47)59(83)4-2-3-31-80-32-21-44(22-33-80)64-56-13-11-54(78-56)62(42-17-27-72-28-18-42)52-9-7-50(76-52)61(41-15-25-71-26-16-41)51-8-10-53(77-51)63(43-19-29-73-30-20-43)55-12-14-57(64)79-55;3-2(4,5)1(6)7/h5-22,25-30,32-33,36-40,47H,2-4,23-24,31,34-35H2,1H3,(H3,70,74,76,77,78,79);(H,6,7)/t40-;/m0./s1. The molecule has 91 heavy (non-hydrogen) atoms. The number of anilines is 1. The molecule has 0 aliphatic carbocycles. The molecule has 1 fully saturated rings. The number of aryl methyl sites for hydroxylation is 1. The number of aromatic amines is 2. The lowest BCUT2D eigenvalue weighted by atomic mass is 10.0. The van der Waals surface area contributed by atoms with E-state index in [-0.39, 0.29) is 27.8 Å². The fraction of sp³-hybridized carbons (Fsp3) is 0.176. The zero-order valence-electron chi connectivity index (χ0n) is 48.6. The van der Waals surface area contributed by atoms with Crippen LogP contribution in [0.25, 0.3) is 102 Å². The van der Waals surface area contributed by atoms with E-state index in [2.05, 4.69) is 108 Å². The number of nitrogen functional groups attached to an aromatic ring is 1. The monoisotopic (exact) mass is 1260 g/mol. The number of hydrogen-bond acceptors (Lipinski definition) is 12.